The van der Waals surface area contributed by atoms with E-state index in [2.05, 4.69) is 33.2 Å². The summed E-state index contributed by atoms with van der Waals surface area (Å²) in [5, 5.41) is 0. The van der Waals surface area contributed by atoms with E-state index < -0.39 is 0 Å². The van der Waals surface area contributed by atoms with Gasteiger partial charge in [-0.25, -0.2) is 0 Å². The number of nitrogens with zero attached hydrogens (tertiary/aromatic N) is 3. The first-order valence-electron chi connectivity index (χ1n) is 9.67. The predicted molar refractivity (Wildman–Crippen MR) is 109 cm³/mol. The SMILES string of the molecule is COc1ccc(N(Cc2cccnc2)c2cc[c]nc2)cc1OC1CCCC1. The number of pyridine rings is 2. The number of anilines is 2. The highest BCUT2D eigenvalue weighted by atomic mass is 16.5. The highest BCUT2D eigenvalue weighted by molar-refractivity contribution is 5.66. The molecule has 1 aromatic carbocycles. The van der Waals surface area contributed by atoms with Crippen LogP contribution in [0.25, 0.3) is 0 Å². The van der Waals surface area contributed by atoms with Gasteiger partial charge in [0.05, 0.1) is 31.3 Å². The summed E-state index contributed by atoms with van der Waals surface area (Å²) in [5.41, 5.74) is 3.12. The minimum absolute atomic E-state index is 0.268. The summed E-state index contributed by atoms with van der Waals surface area (Å²) in [6.45, 7) is 0.675. The van der Waals surface area contributed by atoms with Crippen LogP contribution in [0.3, 0.4) is 0 Å². The predicted octanol–water partition coefficient (Wildman–Crippen LogP) is 4.95. The van der Waals surface area contributed by atoms with Gasteiger partial charge in [-0.2, -0.15) is 0 Å². The number of hydrogen-bond acceptors (Lipinski definition) is 5. The number of ether oxygens (including phenoxy) is 2. The second-order valence-electron chi connectivity index (χ2n) is 6.95. The van der Waals surface area contributed by atoms with Crippen LogP contribution in [-0.4, -0.2) is 23.2 Å². The van der Waals surface area contributed by atoms with E-state index in [9.17, 15) is 0 Å². The summed E-state index contributed by atoms with van der Waals surface area (Å²) >= 11 is 0. The van der Waals surface area contributed by atoms with Crippen molar-refractivity contribution in [2.24, 2.45) is 0 Å². The van der Waals surface area contributed by atoms with Gasteiger partial charge in [-0.15, -0.1) is 0 Å². The van der Waals surface area contributed by atoms with E-state index in [0.717, 1.165) is 41.3 Å². The zero-order chi connectivity index (χ0) is 19.2. The number of aromatic nitrogens is 2. The molecule has 2 heterocycles. The number of methoxy groups -OCH3 is 1. The molecule has 1 aliphatic rings. The fraction of sp³-hybridized carbons (Fsp3) is 0.304. The third-order valence-corrected chi connectivity index (χ3v) is 5.03. The van der Waals surface area contributed by atoms with Gasteiger partial charge in [-0.1, -0.05) is 6.07 Å². The molecule has 143 valence electrons. The molecule has 0 saturated heterocycles. The topological polar surface area (TPSA) is 47.5 Å². The van der Waals surface area contributed by atoms with E-state index in [1.165, 1.54) is 12.8 Å². The standard InChI is InChI=1S/C23H24N3O2/c1-27-22-11-10-19(14-23(22)28-21-8-2-3-9-21)26(20-7-5-13-25-16-20)17-18-6-4-12-24-15-18/h4-7,10-12,14-16,21H,2-3,8-9,17H2,1H3. The average Bonchev–Trinajstić information content (AvgIpc) is 3.26. The van der Waals surface area contributed by atoms with E-state index in [-0.39, 0.29) is 6.10 Å². The number of benzene rings is 1. The van der Waals surface area contributed by atoms with Gasteiger partial charge >= 0.3 is 0 Å². The summed E-state index contributed by atoms with van der Waals surface area (Å²) in [7, 11) is 1.68. The maximum absolute atomic E-state index is 6.29. The first kappa shape index (κ1) is 18.3. The molecule has 0 atom stereocenters. The quantitative estimate of drug-likeness (QED) is 0.586. The lowest BCUT2D eigenvalue weighted by molar-refractivity contribution is 0.201. The molecule has 1 aliphatic carbocycles. The maximum Gasteiger partial charge on any atom is 0.163 e. The summed E-state index contributed by atoms with van der Waals surface area (Å²) < 4.78 is 11.8. The van der Waals surface area contributed by atoms with Gasteiger partial charge in [0.1, 0.15) is 0 Å². The zero-order valence-electron chi connectivity index (χ0n) is 16.0. The molecule has 5 nitrogen and oxygen atoms in total. The highest BCUT2D eigenvalue weighted by Gasteiger charge is 2.20. The Labute approximate surface area is 166 Å². The molecular weight excluding hydrogens is 350 g/mol. The zero-order valence-corrected chi connectivity index (χ0v) is 16.0. The molecular formula is C23H24N3O2. The van der Waals surface area contributed by atoms with Crippen LogP contribution in [0.5, 0.6) is 11.5 Å². The Kier molecular flexibility index (Phi) is 5.71. The number of hydrogen-bond donors (Lipinski definition) is 0. The van der Waals surface area contributed by atoms with Crippen molar-refractivity contribution in [2.75, 3.05) is 12.0 Å². The molecule has 0 spiro atoms. The fourth-order valence-electron chi connectivity index (χ4n) is 3.59. The van der Waals surface area contributed by atoms with E-state index in [1.807, 2.05) is 42.7 Å². The van der Waals surface area contributed by atoms with Gasteiger partial charge in [0.2, 0.25) is 0 Å². The Balaban J connectivity index is 1.68. The molecule has 1 saturated carbocycles. The minimum atomic E-state index is 0.268. The third-order valence-electron chi connectivity index (χ3n) is 5.03. The molecule has 0 unspecified atom stereocenters. The molecule has 0 amide bonds. The molecule has 1 fully saturated rings. The van der Waals surface area contributed by atoms with Crippen LogP contribution in [0.2, 0.25) is 0 Å². The molecule has 4 rings (SSSR count). The van der Waals surface area contributed by atoms with Gasteiger partial charge in [-0.3, -0.25) is 9.97 Å². The van der Waals surface area contributed by atoms with Crippen LogP contribution >= 0.6 is 0 Å². The second kappa shape index (κ2) is 8.74. The molecule has 5 heteroatoms. The Morgan fingerprint density at radius 3 is 2.68 bits per heavy atom. The van der Waals surface area contributed by atoms with Gasteiger partial charge < -0.3 is 14.4 Å². The van der Waals surface area contributed by atoms with Crippen molar-refractivity contribution < 1.29 is 9.47 Å². The van der Waals surface area contributed by atoms with Crippen LogP contribution in [0.15, 0.2) is 61.1 Å². The van der Waals surface area contributed by atoms with Crippen LogP contribution in [0.4, 0.5) is 11.4 Å². The Morgan fingerprint density at radius 1 is 1.07 bits per heavy atom. The molecule has 28 heavy (non-hydrogen) atoms. The Bertz CT molecular complexity index is 881. The smallest absolute Gasteiger partial charge is 0.163 e. The molecule has 3 aromatic rings. The van der Waals surface area contributed by atoms with Crippen molar-refractivity contribution in [3.63, 3.8) is 0 Å². The lowest BCUT2D eigenvalue weighted by atomic mass is 10.2. The Hall–Kier alpha value is -3.08. The third kappa shape index (κ3) is 4.25. The number of rotatable bonds is 7. The first-order chi connectivity index (χ1) is 13.8. The second-order valence-corrected chi connectivity index (χ2v) is 6.95. The maximum atomic E-state index is 6.29. The molecule has 0 aliphatic heterocycles. The van der Waals surface area contributed by atoms with Crippen molar-refractivity contribution in [1.82, 2.24) is 9.97 Å². The van der Waals surface area contributed by atoms with E-state index >= 15 is 0 Å². The Morgan fingerprint density at radius 2 is 1.96 bits per heavy atom. The average molecular weight is 374 g/mol. The molecule has 1 radical (unpaired) electrons. The fourth-order valence-corrected chi connectivity index (χ4v) is 3.59. The van der Waals surface area contributed by atoms with Crippen LogP contribution in [0.1, 0.15) is 31.2 Å². The first-order valence-corrected chi connectivity index (χ1v) is 9.67. The van der Waals surface area contributed by atoms with Crippen LogP contribution in [0, 0.1) is 6.20 Å². The summed E-state index contributed by atoms with van der Waals surface area (Å²) in [4.78, 5) is 10.6. The monoisotopic (exact) mass is 374 g/mol. The lowest BCUT2D eigenvalue weighted by Gasteiger charge is -2.26. The van der Waals surface area contributed by atoms with Crippen LogP contribution in [-0.2, 0) is 6.54 Å². The molecule has 0 N–H and O–H groups in total. The van der Waals surface area contributed by atoms with Crippen LogP contribution < -0.4 is 14.4 Å². The van der Waals surface area contributed by atoms with Gasteiger partial charge in [0, 0.05) is 30.7 Å². The van der Waals surface area contributed by atoms with Crippen molar-refractivity contribution in [3.05, 3.63) is 72.8 Å². The summed E-state index contributed by atoms with van der Waals surface area (Å²) in [6.07, 6.45) is 13.3. The van der Waals surface area contributed by atoms with Crippen molar-refractivity contribution in [1.29, 1.82) is 0 Å². The van der Waals surface area contributed by atoms with Gasteiger partial charge in [0.15, 0.2) is 11.5 Å². The minimum Gasteiger partial charge on any atom is -0.493 e. The molecule has 2 aromatic heterocycles. The van der Waals surface area contributed by atoms with E-state index in [4.69, 9.17) is 9.47 Å². The van der Waals surface area contributed by atoms with Crippen molar-refractivity contribution in [3.8, 4) is 11.5 Å². The van der Waals surface area contributed by atoms with Gasteiger partial charge in [-0.05, 0) is 61.6 Å². The highest BCUT2D eigenvalue weighted by Crippen LogP contribution is 2.37. The summed E-state index contributed by atoms with van der Waals surface area (Å²) in [5.74, 6) is 1.55. The normalized spacial score (nSPS) is 14.0. The molecule has 0 bridgehead atoms. The van der Waals surface area contributed by atoms with E-state index in [1.54, 1.807) is 13.3 Å². The summed E-state index contributed by atoms with van der Waals surface area (Å²) in [6, 6.07) is 13.9. The van der Waals surface area contributed by atoms with Gasteiger partial charge in [0.25, 0.3) is 0 Å². The van der Waals surface area contributed by atoms with Crippen molar-refractivity contribution >= 4 is 11.4 Å². The van der Waals surface area contributed by atoms with Crippen molar-refractivity contribution in [2.45, 2.75) is 38.3 Å². The van der Waals surface area contributed by atoms with E-state index in [0.29, 0.717) is 6.54 Å². The largest absolute Gasteiger partial charge is 0.493 e. The lowest BCUT2D eigenvalue weighted by Crippen LogP contribution is -2.17.